The van der Waals surface area contributed by atoms with Crippen molar-refractivity contribution < 1.29 is 19.0 Å². The highest BCUT2D eigenvalue weighted by molar-refractivity contribution is 5.90. The van der Waals surface area contributed by atoms with Crippen molar-refractivity contribution in [2.45, 2.75) is 6.42 Å². The molecule has 3 rings (SSSR count). The second-order valence-electron chi connectivity index (χ2n) is 5.30. The minimum atomic E-state index is -0.316. The number of amides is 2. The van der Waals surface area contributed by atoms with Crippen LogP contribution in [0.3, 0.4) is 0 Å². The molecule has 128 valence electrons. The summed E-state index contributed by atoms with van der Waals surface area (Å²) in [5.74, 6) is 1.89. The molecule has 2 N–H and O–H groups in total. The predicted molar refractivity (Wildman–Crippen MR) is 87.9 cm³/mol. The van der Waals surface area contributed by atoms with Crippen LogP contribution >= 0.6 is 0 Å². The summed E-state index contributed by atoms with van der Waals surface area (Å²) in [5.41, 5.74) is 1.53. The number of aromatic nitrogens is 2. The van der Waals surface area contributed by atoms with E-state index in [1.807, 2.05) is 18.2 Å². The van der Waals surface area contributed by atoms with Crippen LogP contribution in [-0.2, 0) is 13.5 Å². The Hall–Kier alpha value is -2.90. The summed E-state index contributed by atoms with van der Waals surface area (Å²) >= 11 is 0. The Morgan fingerprint density at radius 1 is 1.38 bits per heavy atom. The number of nitrogens with one attached hydrogen (secondary N) is 2. The number of rotatable bonds is 5. The molecular weight excluding hydrogens is 312 g/mol. The number of fused-ring (bicyclic) bond motifs is 1. The molecule has 0 fully saturated rings. The van der Waals surface area contributed by atoms with Crippen molar-refractivity contribution in [2.75, 3.05) is 32.2 Å². The minimum absolute atomic E-state index is 0.316. The van der Waals surface area contributed by atoms with Gasteiger partial charge in [-0.1, -0.05) is 12.1 Å². The van der Waals surface area contributed by atoms with Crippen molar-refractivity contribution >= 4 is 11.7 Å². The van der Waals surface area contributed by atoms with Gasteiger partial charge in [-0.2, -0.15) is 0 Å². The zero-order chi connectivity index (χ0) is 16.9. The molecule has 2 heterocycles. The lowest BCUT2D eigenvalue weighted by Crippen LogP contribution is -2.30. The molecule has 1 aromatic heterocycles. The first kappa shape index (κ1) is 16.0. The average Bonchev–Trinajstić information content (AvgIpc) is 2.94. The number of urea groups is 1. The summed E-state index contributed by atoms with van der Waals surface area (Å²) < 4.78 is 17.9. The molecule has 0 saturated carbocycles. The van der Waals surface area contributed by atoms with Crippen molar-refractivity contribution in [3.8, 4) is 17.4 Å². The van der Waals surface area contributed by atoms with Gasteiger partial charge in [0, 0.05) is 13.6 Å². The van der Waals surface area contributed by atoms with Gasteiger partial charge in [-0.3, -0.25) is 4.68 Å². The molecule has 1 aliphatic rings. The second-order valence-corrected chi connectivity index (χ2v) is 5.30. The fraction of sp³-hybridized carbons (Fsp3) is 0.375. The monoisotopic (exact) mass is 332 g/mol. The number of benzene rings is 1. The summed E-state index contributed by atoms with van der Waals surface area (Å²) in [6, 6.07) is 5.45. The minimum Gasteiger partial charge on any atom is -0.486 e. The van der Waals surface area contributed by atoms with E-state index >= 15 is 0 Å². The lowest BCUT2D eigenvalue weighted by molar-refractivity contribution is 0.170. The van der Waals surface area contributed by atoms with Crippen molar-refractivity contribution in [3.05, 3.63) is 30.0 Å². The molecule has 2 aromatic rings. The van der Waals surface area contributed by atoms with Gasteiger partial charge in [0.15, 0.2) is 11.5 Å². The van der Waals surface area contributed by atoms with Crippen LogP contribution in [0.25, 0.3) is 0 Å². The number of nitrogens with zero attached hydrogens (tertiary/aromatic N) is 2. The third kappa shape index (κ3) is 3.53. The zero-order valence-electron chi connectivity index (χ0n) is 13.7. The Bertz CT molecular complexity index is 729. The maximum atomic E-state index is 12.0. The topological polar surface area (TPSA) is 86.6 Å². The van der Waals surface area contributed by atoms with E-state index < -0.39 is 0 Å². The zero-order valence-corrected chi connectivity index (χ0v) is 13.7. The fourth-order valence-electron chi connectivity index (χ4n) is 2.51. The number of ether oxygens (including phenoxy) is 3. The second kappa shape index (κ2) is 7.12. The van der Waals surface area contributed by atoms with Crippen LogP contribution in [0.5, 0.6) is 17.4 Å². The molecule has 0 aliphatic carbocycles. The van der Waals surface area contributed by atoms with Gasteiger partial charge in [0.25, 0.3) is 5.88 Å². The Morgan fingerprint density at radius 3 is 3.04 bits per heavy atom. The SMILES string of the molecule is COc1nn(C)cc1NC(=O)NCCc1cccc2c1OCCO2. The number of hydrogen-bond donors (Lipinski definition) is 2. The molecule has 0 bridgehead atoms. The van der Waals surface area contributed by atoms with Gasteiger partial charge in [0.1, 0.15) is 18.9 Å². The Labute approximate surface area is 139 Å². The largest absolute Gasteiger partial charge is 0.486 e. The number of aryl methyl sites for hydroxylation is 1. The predicted octanol–water partition coefficient (Wildman–Crippen LogP) is 1.56. The summed E-state index contributed by atoms with van der Waals surface area (Å²) in [4.78, 5) is 12.0. The summed E-state index contributed by atoms with van der Waals surface area (Å²) in [6.45, 7) is 1.57. The highest BCUT2D eigenvalue weighted by Crippen LogP contribution is 2.33. The first-order valence-electron chi connectivity index (χ1n) is 7.67. The molecule has 2 amide bonds. The number of methoxy groups -OCH3 is 1. The van der Waals surface area contributed by atoms with Crippen molar-refractivity contribution in [3.63, 3.8) is 0 Å². The van der Waals surface area contributed by atoms with E-state index in [1.165, 1.54) is 7.11 Å². The Kier molecular flexibility index (Phi) is 4.74. The normalized spacial score (nSPS) is 12.6. The summed E-state index contributed by atoms with van der Waals surface area (Å²) in [7, 11) is 3.26. The van der Waals surface area contributed by atoms with E-state index in [0.717, 1.165) is 17.1 Å². The van der Waals surface area contributed by atoms with Crippen LogP contribution in [0.2, 0.25) is 0 Å². The van der Waals surface area contributed by atoms with E-state index in [4.69, 9.17) is 14.2 Å². The van der Waals surface area contributed by atoms with Crippen molar-refractivity contribution in [1.82, 2.24) is 15.1 Å². The van der Waals surface area contributed by atoms with Gasteiger partial charge < -0.3 is 24.8 Å². The molecular formula is C16H20N4O4. The molecule has 0 atom stereocenters. The van der Waals surface area contributed by atoms with Crippen LogP contribution in [0.1, 0.15) is 5.56 Å². The number of para-hydroxylation sites is 1. The Balaban J connectivity index is 1.54. The fourth-order valence-corrected chi connectivity index (χ4v) is 2.51. The number of carbonyl (C=O) groups is 1. The maximum absolute atomic E-state index is 12.0. The molecule has 0 unspecified atom stereocenters. The molecule has 0 saturated heterocycles. The molecule has 1 aliphatic heterocycles. The van der Waals surface area contributed by atoms with Crippen molar-refractivity contribution in [2.24, 2.45) is 7.05 Å². The smallest absolute Gasteiger partial charge is 0.319 e. The van der Waals surface area contributed by atoms with Crippen LogP contribution in [0, 0.1) is 0 Å². The van der Waals surface area contributed by atoms with E-state index in [1.54, 1.807) is 17.9 Å². The number of anilines is 1. The number of carbonyl (C=O) groups excluding carboxylic acids is 1. The summed E-state index contributed by atoms with van der Waals surface area (Å²) in [5, 5.41) is 9.60. The Morgan fingerprint density at radius 2 is 2.21 bits per heavy atom. The van der Waals surface area contributed by atoms with E-state index in [-0.39, 0.29) is 6.03 Å². The molecule has 1 aromatic carbocycles. The lowest BCUT2D eigenvalue weighted by Gasteiger charge is -2.21. The molecule has 8 nitrogen and oxygen atoms in total. The molecule has 0 radical (unpaired) electrons. The van der Waals surface area contributed by atoms with Gasteiger partial charge >= 0.3 is 6.03 Å². The van der Waals surface area contributed by atoms with Crippen LogP contribution in [0.4, 0.5) is 10.5 Å². The van der Waals surface area contributed by atoms with E-state index in [0.29, 0.717) is 37.7 Å². The summed E-state index contributed by atoms with van der Waals surface area (Å²) in [6.07, 6.45) is 2.32. The quantitative estimate of drug-likeness (QED) is 0.868. The van der Waals surface area contributed by atoms with Crippen LogP contribution < -0.4 is 24.8 Å². The van der Waals surface area contributed by atoms with Crippen LogP contribution in [0.15, 0.2) is 24.4 Å². The molecule has 0 spiro atoms. The van der Waals surface area contributed by atoms with E-state index in [9.17, 15) is 4.79 Å². The first-order chi connectivity index (χ1) is 11.7. The lowest BCUT2D eigenvalue weighted by atomic mass is 10.1. The standard InChI is InChI=1S/C16H20N4O4/c1-20-10-12(15(19-20)22-2)18-16(21)17-7-6-11-4-3-5-13-14(11)24-9-8-23-13/h3-5,10H,6-9H2,1-2H3,(H2,17,18,21). The highest BCUT2D eigenvalue weighted by atomic mass is 16.6. The van der Waals surface area contributed by atoms with Crippen molar-refractivity contribution in [1.29, 1.82) is 0 Å². The van der Waals surface area contributed by atoms with Gasteiger partial charge in [-0.25, -0.2) is 4.79 Å². The third-order valence-electron chi connectivity index (χ3n) is 3.56. The van der Waals surface area contributed by atoms with Gasteiger partial charge in [0.2, 0.25) is 0 Å². The molecule has 8 heteroatoms. The maximum Gasteiger partial charge on any atom is 0.319 e. The number of hydrogen-bond acceptors (Lipinski definition) is 5. The molecule has 24 heavy (non-hydrogen) atoms. The van der Waals surface area contributed by atoms with Crippen LogP contribution in [-0.4, -0.2) is 42.7 Å². The van der Waals surface area contributed by atoms with Gasteiger partial charge in [-0.05, 0) is 18.1 Å². The van der Waals surface area contributed by atoms with Gasteiger partial charge in [0.05, 0.1) is 13.3 Å². The third-order valence-corrected chi connectivity index (χ3v) is 3.56. The van der Waals surface area contributed by atoms with E-state index in [2.05, 4.69) is 15.7 Å². The average molecular weight is 332 g/mol. The first-order valence-corrected chi connectivity index (χ1v) is 7.67. The van der Waals surface area contributed by atoms with Gasteiger partial charge in [-0.15, -0.1) is 5.10 Å². The highest BCUT2D eigenvalue weighted by Gasteiger charge is 2.16.